The summed E-state index contributed by atoms with van der Waals surface area (Å²) in [5.74, 6) is 0.291. The second-order valence-electron chi connectivity index (χ2n) is 5.14. The first-order valence-corrected chi connectivity index (χ1v) is 9.15. The van der Waals surface area contributed by atoms with Crippen LogP contribution in [0.1, 0.15) is 6.42 Å². The van der Waals surface area contributed by atoms with Crippen LogP contribution in [0.2, 0.25) is 5.02 Å². The van der Waals surface area contributed by atoms with Crippen molar-refractivity contribution in [3.8, 4) is 5.75 Å². The van der Waals surface area contributed by atoms with Crippen molar-refractivity contribution in [2.45, 2.75) is 11.3 Å². The summed E-state index contributed by atoms with van der Waals surface area (Å²) in [6.07, 6.45) is 0.766. The lowest BCUT2D eigenvalue weighted by Crippen LogP contribution is -2.44. The van der Waals surface area contributed by atoms with E-state index in [1.165, 1.54) is 13.2 Å². The second-order valence-corrected chi connectivity index (χ2v) is 7.31. The van der Waals surface area contributed by atoms with E-state index in [1.54, 1.807) is 12.1 Å². The predicted octanol–water partition coefficient (Wildman–Crippen LogP) is 0.922. The molecule has 2 N–H and O–H groups in total. The van der Waals surface area contributed by atoms with E-state index in [-0.39, 0.29) is 4.90 Å². The molecule has 1 aliphatic heterocycles. The topological polar surface area (TPSA) is 70.7 Å². The number of nitrogens with zero attached hydrogens (tertiary/aromatic N) is 1. The average molecular weight is 348 g/mol. The number of sulfonamides is 1. The van der Waals surface area contributed by atoms with Gasteiger partial charge in [-0.15, -0.1) is 0 Å². The molecule has 0 aromatic heterocycles. The zero-order valence-electron chi connectivity index (χ0n) is 12.6. The van der Waals surface area contributed by atoms with E-state index in [1.807, 2.05) is 0 Å². The number of rotatable bonds is 7. The third-order valence-corrected chi connectivity index (χ3v) is 5.29. The maximum Gasteiger partial charge on any atom is 0.244 e. The molecule has 6 nitrogen and oxygen atoms in total. The molecule has 2 rings (SSSR count). The van der Waals surface area contributed by atoms with E-state index in [4.69, 9.17) is 16.3 Å². The molecular weight excluding hydrogens is 326 g/mol. The van der Waals surface area contributed by atoms with Gasteiger partial charge in [0.05, 0.1) is 7.11 Å². The molecule has 0 spiro atoms. The molecule has 1 fully saturated rings. The molecule has 0 radical (unpaired) electrons. The van der Waals surface area contributed by atoms with Gasteiger partial charge in [0.15, 0.2) is 0 Å². The van der Waals surface area contributed by atoms with Gasteiger partial charge in [0.2, 0.25) is 10.0 Å². The van der Waals surface area contributed by atoms with Crippen molar-refractivity contribution in [1.82, 2.24) is 14.9 Å². The fourth-order valence-electron chi connectivity index (χ4n) is 2.38. The Kier molecular flexibility index (Phi) is 6.46. The van der Waals surface area contributed by atoms with Crippen molar-refractivity contribution in [3.05, 3.63) is 23.2 Å². The summed E-state index contributed by atoms with van der Waals surface area (Å²) >= 11 is 5.88. The first-order chi connectivity index (χ1) is 10.5. The lowest BCUT2D eigenvalue weighted by Gasteiger charge is -2.27. The van der Waals surface area contributed by atoms with Crippen LogP contribution in [0.3, 0.4) is 0 Å². The first kappa shape index (κ1) is 17.5. The van der Waals surface area contributed by atoms with Gasteiger partial charge in [0.1, 0.15) is 10.6 Å². The monoisotopic (exact) mass is 347 g/mol. The Hall–Kier alpha value is -0.860. The van der Waals surface area contributed by atoms with E-state index in [9.17, 15) is 8.42 Å². The van der Waals surface area contributed by atoms with Gasteiger partial charge in [0, 0.05) is 37.7 Å². The van der Waals surface area contributed by atoms with Gasteiger partial charge in [-0.05, 0) is 31.2 Å². The van der Waals surface area contributed by atoms with Crippen LogP contribution in [0.25, 0.3) is 0 Å². The normalized spacial score (nSPS) is 16.6. The minimum absolute atomic E-state index is 0.0738. The molecule has 0 bridgehead atoms. The van der Waals surface area contributed by atoms with E-state index >= 15 is 0 Å². The third kappa shape index (κ3) is 4.82. The highest BCUT2D eigenvalue weighted by Crippen LogP contribution is 2.26. The smallest absolute Gasteiger partial charge is 0.244 e. The highest BCUT2D eigenvalue weighted by Gasteiger charge is 2.19. The van der Waals surface area contributed by atoms with Crippen molar-refractivity contribution in [1.29, 1.82) is 0 Å². The molecule has 1 aliphatic rings. The first-order valence-electron chi connectivity index (χ1n) is 7.29. The summed E-state index contributed by atoms with van der Waals surface area (Å²) in [6.45, 7) is 5.28. The zero-order chi connectivity index (χ0) is 16.0. The van der Waals surface area contributed by atoms with Crippen LogP contribution in [-0.2, 0) is 10.0 Å². The zero-order valence-corrected chi connectivity index (χ0v) is 14.2. The van der Waals surface area contributed by atoms with E-state index in [0.29, 0.717) is 17.3 Å². The molecule has 0 amide bonds. The molecule has 1 heterocycles. The molecule has 1 aromatic carbocycles. The molecule has 124 valence electrons. The van der Waals surface area contributed by atoms with Crippen molar-refractivity contribution in [2.75, 3.05) is 46.4 Å². The number of methoxy groups -OCH3 is 1. The summed E-state index contributed by atoms with van der Waals surface area (Å²) in [5.41, 5.74) is 0. The van der Waals surface area contributed by atoms with Gasteiger partial charge in [0.25, 0.3) is 0 Å². The SMILES string of the molecule is COc1ccc(Cl)cc1S(=O)(=O)NCCCN1CCNCC1. The molecular formula is C14H22ClN3O3S. The van der Waals surface area contributed by atoms with Gasteiger partial charge in [-0.3, -0.25) is 0 Å². The lowest BCUT2D eigenvalue weighted by atomic mass is 10.3. The standard InChI is InChI=1S/C14H22ClN3O3S/c1-21-13-4-3-12(15)11-14(13)22(19,20)17-5-2-8-18-9-6-16-7-10-18/h3-4,11,16-17H,2,5-10H2,1H3. The van der Waals surface area contributed by atoms with Gasteiger partial charge in [-0.2, -0.15) is 0 Å². The number of hydrogen-bond donors (Lipinski definition) is 2. The second kappa shape index (κ2) is 8.12. The number of nitrogens with one attached hydrogen (secondary N) is 2. The maximum atomic E-state index is 12.3. The third-order valence-electron chi connectivity index (χ3n) is 3.57. The van der Waals surface area contributed by atoms with Gasteiger partial charge in [-0.1, -0.05) is 11.6 Å². The fourth-order valence-corrected chi connectivity index (χ4v) is 3.89. The Balaban J connectivity index is 1.89. The Labute approximate surface area is 136 Å². The Bertz CT molecular complexity index is 589. The fraction of sp³-hybridized carbons (Fsp3) is 0.571. The van der Waals surface area contributed by atoms with Crippen molar-refractivity contribution < 1.29 is 13.2 Å². The van der Waals surface area contributed by atoms with Crippen molar-refractivity contribution in [3.63, 3.8) is 0 Å². The molecule has 0 unspecified atom stereocenters. The molecule has 0 saturated carbocycles. The summed E-state index contributed by atoms with van der Waals surface area (Å²) in [5, 5.41) is 3.65. The quantitative estimate of drug-likeness (QED) is 0.718. The summed E-state index contributed by atoms with van der Waals surface area (Å²) in [7, 11) is -2.18. The van der Waals surface area contributed by atoms with Crippen molar-refractivity contribution >= 4 is 21.6 Å². The number of benzene rings is 1. The average Bonchev–Trinajstić information content (AvgIpc) is 2.52. The number of hydrogen-bond acceptors (Lipinski definition) is 5. The largest absolute Gasteiger partial charge is 0.495 e. The van der Waals surface area contributed by atoms with Crippen LogP contribution < -0.4 is 14.8 Å². The Morgan fingerprint density at radius 1 is 1.36 bits per heavy atom. The summed E-state index contributed by atoms with van der Waals surface area (Å²) in [4.78, 5) is 2.40. The van der Waals surface area contributed by atoms with Crippen LogP contribution in [-0.4, -0.2) is 59.7 Å². The molecule has 0 aliphatic carbocycles. The van der Waals surface area contributed by atoms with Crippen LogP contribution in [0, 0.1) is 0 Å². The van der Waals surface area contributed by atoms with Crippen molar-refractivity contribution in [2.24, 2.45) is 0 Å². The summed E-state index contributed by atoms with van der Waals surface area (Å²) < 4.78 is 32.4. The van der Waals surface area contributed by atoms with Crippen LogP contribution >= 0.6 is 11.6 Å². The Morgan fingerprint density at radius 3 is 2.77 bits per heavy atom. The number of halogens is 1. The van der Waals surface area contributed by atoms with E-state index < -0.39 is 10.0 Å². The predicted molar refractivity (Wildman–Crippen MR) is 87.1 cm³/mol. The summed E-state index contributed by atoms with van der Waals surface area (Å²) in [6, 6.07) is 4.56. The van der Waals surface area contributed by atoms with Crippen LogP contribution in [0.5, 0.6) is 5.75 Å². The molecule has 1 saturated heterocycles. The minimum atomic E-state index is -3.62. The Morgan fingerprint density at radius 2 is 2.09 bits per heavy atom. The molecule has 0 atom stereocenters. The minimum Gasteiger partial charge on any atom is -0.495 e. The number of ether oxygens (including phenoxy) is 1. The van der Waals surface area contributed by atoms with Gasteiger partial charge in [-0.25, -0.2) is 13.1 Å². The van der Waals surface area contributed by atoms with E-state index in [2.05, 4.69) is 14.9 Å². The van der Waals surface area contributed by atoms with Crippen LogP contribution in [0.4, 0.5) is 0 Å². The van der Waals surface area contributed by atoms with Gasteiger partial charge < -0.3 is 15.0 Å². The molecule has 1 aromatic rings. The maximum absolute atomic E-state index is 12.3. The van der Waals surface area contributed by atoms with E-state index in [0.717, 1.165) is 39.1 Å². The molecule has 8 heteroatoms. The molecule has 22 heavy (non-hydrogen) atoms. The highest BCUT2D eigenvalue weighted by molar-refractivity contribution is 7.89. The number of piperazine rings is 1. The highest BCUT2D eigenvalue weighted by atomic mass is 35.5. The lowest BCUT2D eigenvalue weighted by molar-refractivity contribution is 0.239. The van der Waals surface area contributed by atoms with Gasteiger partial charge >= 0.3 is 0 Å². The van der Waals surface area contributed by atoms with Crippen LogP contribution in [0.15, 0.2) is 23.1 Å².